The summed E-state index contributed by atoms with van der Waals surface area (Å²) >= 11 is 6.52. The average Bonchev–Trinajstić information content (AvgIpc) is 2.42. The molecule has 0 aliphatic heterocycles. The molecule has 0 aliphatic rings. The van der Waals surface area contributed by atoms with Gasteiger partial charge in [-0.3, -0.25) is 4.72 Å². The maximum Gasteiger partial charge on any atom is 0.263 e. The van der Waals surface area contributed by atoms with Crippen molar-refractivity contribution in [3.63, 3.8) is 0 Å². The topological polar surface area (TPSA) is 58.2 Å². The van der Waals surface area contributed by atoms with Crippen LogP contribution in [0, 0.1) is 0 Å². The first-order chi connectivity index (χ1) is 9.42. The van der Waals surface area contributed by atoms with Crippen LogP contribution in [0.3, 0.4) is 0 Å². The van der Waals surface area contributed by atoms with Gasteiger partial charge in [0, 0.05) is 27.4 Å². The molecule has 4 nitrogen and oxygen atoms in total. The molecule has 0 aromatic heterocycles. The molecule has 0 saturated heterocycles. The first kappa shape index (κ1) is 15.3. The molecular weight excluding hydrogens is 408 g/mol. The van der Waals surface area contributed by atoms with Crippen molar-refractivity contribution < 1.29 is 8.42 Å². The smallest absolute Gasteiger partial charge is 0.263 e. The summed E-state index contributed by atoms with van der Waals surface area (Å²) in [7, 11) is -1.83. The molecular formula is C13H12Br2N2O2S. The molecule has 0 unspecified atom stereocenters. The van der Waals surface area contributed by atoms with Crippen molar-refractivity contribution in [2.75, 3.05) is 17.1 Å². The fourth-order valence-electron chi connectivity index (χ4n) is 1.60. The zero-order chi connectivity index (χ0) is 14.8. The summed E-state index contributed by atoms with van der Waals surface area (Å²) < 4.78 is 28.5. The molecule has 0 amide bonds. The molecule has 0 aliphatic carbocycles. The Hall–Kier alpha value is -1.05. The van der Waals surface area contributed by atoms with E-state index in [2.05, 4.69) is 41.9 Å². The van der Waals surface area contributed by atoms with Crippen molar-refractivity contribution in [3.8, 4) is 0 Å². The van der Waals surface area contributed by atoms with E-state index in [4.69, 9.17) is 0 Å². The van der Waals surface area contributed by atoms with Gasteiger partial charge in [0.2, 0.25) is 0 Å². The quantitative estimate of drug-likeness (QED) is 0.785. The molecule has 7 heteroatoms. The summed E-state index contributed by atoms with van der Waals surface area (Å²) in [6, 6.07) is 12.0. The number of rotatable bonds is 4. The normalized spacial score (nSPS) is 11.2. The van der Waals surface area contributed by atoms with Crippen LogP contribution in [0.1, 0.15) is 0 Å². The summed E-state index contributed by atoms with van der Waals surface area (Å²) in [5.74, 6) is 0. The number of nitrogens with one attached hydrogen (secondary N) is 2. The van der Waals surface area contributed by atoms with Gasteiger partial charge in [-0.25, -0.2) is 8.42 Å². The van der Waals surface area contributed by atoms with E-state index in [0.717, 1.165) is 5.69 Å². The van der Waals surface area contributed by atoms with E-state index in [-0.39, 0.29) is 4.90 Å². The highest BCUT2D eigenvalue weighted by Gasteiger charge is 2.18. The maximum absolute atomic E-state index is 12.4. The van der Waals surface area contributed by atoms with Gasteiger partial charge >= 0.3 is 0 Å². The van der Waals surface area contributed by atoms with Crippen molar-refractivity contribution in [1.29, 1.82) is 0 Å². The minimum absolute atomic E-state index is 0.185. The zero-order valence-electron chi connectivity index (χ0n) is 10.5. The van der Waals surface area contributed by atoms with Crippen molar-refractivity contribution in [2.24, 2.45) is 0 Å². The Labute approximate surface area is 134 Å². The first-order valence-corrected chi connectivity index (χ1v) is 8.75. The lowest BCUT2D eigenvalue weighted by atomic mass is 10.3. The van der Waals surface area contributed by atoms with E-state index in [1.54, 1.807) is 49.5 Å². The molecule has 0 fully saturated rings. The number of anilines is 2. The first-order valence-electron chi connectivity index (χ1n) is 5.68. The highest BCUT2D eigenvalue weighted by atomic mass is 79.9. The summed E-state index contributed by atoms with van der Waals surface area (Å²) in [6.45, 7) is 0. The highest BCUT2D eigenvalue weighted by Crippen LogP contribution is 2.27. The van der Waals surface area contributed by atoms with Crippen LogP contribution in [0.2, 0.25) is 0 Å². The van der Waals surface area contributed by atoms with Crippen LogP contribution in [0.15, 0.2) is 56.3 Å². The number of hydrogen-bond donors (Lipinski definition) is 2. The third-order valence-corrected chi connectivity index (χ3v) is 5.48. The fourth-order valence-corrected chi connectivity index (χ4v) is 4.16. The Balaban J connectivity index is 2.32. The van der Waals surface area contributed by atoms with Crippen LogP contribution in [-0.4, -0.2) is 15.5 Å². The Morgan fingerprint density at radius 1 is 0.950 bits per heavy atom. The number of hydrogen-bond acceptors (Lipinski definition) is 3. The van der Waals surface area contributed by atoms with Crippen LogP contribution in [-0.2, 0) is 10.0 Å². The van der Waals surface area contributed by atoms with Crippen LogP contribution in [0.4, 0.5) is 11.4 Å². The second-order valence-electron chi connectivity index (χ2n) is 4.01. The van der Waals surface area contributed by atoms with E-state index in [0.29, 0.717) is 14.6 Å². The molecule has 2 aromatic carbocycles. The molecule has 0 radical (unpaired) electrons. The summed E-state index contributed by atoms with van der Waals surface area (Å²) in [5.41, 5.74) is 1.42. The zero-order valence-corrected chi connectivity index (χ0v) is 14.5. The van der Waals surface area contributed by atoms with Crippen molar-refractivity contribution in [1.82, 2.24) is 0 Å². The SMILES string of the molecule is CNc1ccc(NS(=O)(=O)c2cc(Br)ccc2Br)cc1. The number of halogens is 2. The van der Waals surface area contributed by atoms with Gasteiger partial charge in [0.15, 0.2) is 0 Å². The lowest BCUT2D eigenvalue weighted by Gasteiger charge is -2.10. The van der Waals surface area contributed by atoms with Crippen LogP contribution >= 0.6 is 31.9 Å². The Kier molecular flexibility index (Phi) is 4.72. The predicted molar refractivity (Wildman–Crippen MR) is 88.6 cm³/mol. The molecule has 0 spiro atoms. The van der Waals surface area contributed by atoms with Crippen molar-refractivity contribution in [3.05, 3.63) is 51.4 Å². The number of benzene rings is 2. The Morgan fingerprint density at radius 2 is 1.55 bits per heavy atom. The molecule has 0 bridgehead atoms. The van der Waals surface area contributed by atoms with Gasteiger partial charge in [0.05, 0.1) is 0 Å². The molecule has 0 heterocycles. The molecule has 0 saturated carbocycles. The molecule has 2 aromatic rings. The number of sulfonamides is 1. The van der Waals surface area contributed by atoms with Crippen molar-refractivity contribution in [2.45, 2.75) is 4.90 Å². The van der Waals surface area contributed by atoms with Crippen LogP contribution in [0.25, 0.3) is 0 Å². The molecule has 0 atom stereocenters. The molecule has 2 N–H and O–H groups in total. The Morgan fingerprint density at radius 3 is 2.15 bits per heavy atom. The van der Waals surface area contributed by atoms with Gasteiger partial charge in [-0.05, 0) is 58.4 Å². The van der Waals surface area contributed by atoms with Gasteiger partial charge in [-0.2, -0.15) is 0 Å². The largest absolute Gasteiger partial charge is 0.388 e. The van der Waals surface area contributed by atoms with Crippen molar-refractivity contribution >= 4 is 53.3 Å². The van der Waals surface area contributed by atoms with Gasteiger partial charge < -0.3 is 5.32 Å². The van der Waals surface area contributed by atoms with Crippen LogP contribution < -0.4 is 10.0 Å². The van der Waals surface area contributed by atoms with Gasteiger partial charge in [0.25, 0.3) is 10.0 Å². The third-order valence-electron chi connectivity index (χ3n) is 2.61. The van der Waals surface area contributed by atoms with Gasteiger partial charge in [-0.15, -0.1) is 0 Å². The van der Waals surface area contributed by atoms with E-state index < -0.39 is 10.0 Å². The van der Waals surface area contributed by atoms with E-state index in [1.807, 2.05) is 0 Å². The van der Waals surface area contributed by atoms with Gasteiger partial charge in [-0.1, -0.05) is 15.9 Å². The van der Waals surface area contributed by atoms with E-state index in [9.17, 15) is 8.42 Å². The Bertz CT molecular complexity index is 716. The second-order valence-corrected chi connectivity index (χ2v) is 7.43. The molecule has 106 valence electrons. The monoisotopic (exact) mass is 418 g/mol. The molecule has 20 heavy (non-hydrogen) atoms. The highest BCUT2D eigenvalue weighted by molar-refractivity contribution is 9.11. The average molecular weight is 420 g/mol. The second kappa shape index (κ2) is 6.15. The summed E-state index contributed by atoms with van der Waals surface area (Å²) in [5, 5.41) is 2.97. The predicted octanol–water partition coefficient (Wildman–Crippen LogP) is 4.05. The third kappa shape index (κ3) is 3.53. The maximum atomic E-state index is 12.4. The van der Waals surface area contributed by atoms with Gasteiger partial charge in [0.1, 0.15) is 4.90 Å². The lowest BCUT2D eigenvalue weighted by Crippen LogP contribution is -2.13. The minimum Gasteiger partial charge on any atom is -0.388 e. The standard InChI is InChI=1S/C13H12Br2N2O2S/c1-16-10-3-5-11(6-4-10)17-20(18,19)13-8-9(14)2-7-12(13)15/h2-8,16-17H,1H3. The lowest BCUT2D eigenvalue weighted by molar-refractivity contribution is 0.600. The van der Waals surface area contributed by atoms with E-state index in [1.165, 1.54) is 0 Å². The molecule has 2 rings (SSSR count). The van der Waals surface area contributed by atoms with Crippen LogP contribution in [0.5, 0.6) is 0 Å². The van der Waals surface area contributed by atoms with E-state index >= 15 is 0 Å². The summed E-state index contributed by atoms with van der Waals surface area (Å²) in [6.07, 6.45) is 0. The minimum atomic E-state index is -3.63. The summed E-state index contributed by atoms with van der Waals surface area (Å²) in [4.78, 5) is 0.185. The fraction of sp³-hybridized carbons (Fsp3) is 0.0769.